The van der Waals surface area contributed by atoms with Crippen LogP contribution in [0.1, 0.15) is 13.8 Å². The summed E-state index contributed by atoms with van der Waals surface area (Å²) in [7, 11) is 1.57. The Morgan fingerprint density at radius 2 is 2.23 bits per heavy atom. The van der Waals surface area contributed by atoms with Gasteiger partial charge in [-0.05, 0) is 5.92 Å². The summed E-state index contributed by atoms with van der Waals surface area (Å²) in [5.41, 5.74) is 0. The number of nitriles is 1. The highest BCUT2D eigenvalue weighted by Gasteiger charge is 2.20. The van der Waals surface area contributed by atoms with Crippen molar-refractivity contribution in [2.24, 2.45) is 11.8 Å². The first kappa shape index (κ1) is 11.9. The molecule has 0 aliphatic carbocycles. The van der Waals surface area contributed by atoms with Gasteiger partial charge in [0, 0.05) is 13.7 Å². The molecule has 0 aromatic heterocycles. The van der Waals surface area contributed by atoms with Gasteiger partial charge in [-0.3, -0.25) is 4.79 Å². The molecule has 0 saturated carbocycles. The maximum atomic E-state index is 11.3. The van der Waals surface area contributed by atoms with E-state index in [0.717, 1.165) is 0 Å². The third kappa shape index (κ3) is 4.48. The van der Waals surface area contributed by atoms with Crippen LogP contribution in [0.3, 0.4) is 0 Å². The van der Waals surface area contributed by atoms with Gasteiger partial charge in [-0.2, -0.15) is 5.26 Å². The largest absolute Gasteiger partial charge is 0.383 e. The number of amides is 1. The first-order chi connectivity index (χ1) is 6.13. The number of nitrogens with one attached hydrogen (secondary N) is 1. The summed E-state index contributed by atoms with van der Waals surface area (Å²) in [6, 6.07) is 1.98. The zero-order valence-electron chi connectivity index (χ0n) is 8.33. The van der Waals surface area contributed by atoms with Gasteiger partial charge in [0.05, 0.1) is 12.7 Å². The van der Waals surface area contributed by atoms with Gasteiger partial charge in [0.25, 0.3) is 0 Å². The molecular formula is C9H16N2O2. The van der Waals surface area contributed by atoms with Crippen molar-refractivity contribution in [3.63, 3.8) is 0 Å². The van der Waals surface area contributed by atoms with Crippen molar-refractivity contribution in [2.45, 2.75) is 13.8 Å². The lowest BCUT2D eigenvalue weighted by Crippen LogP contribution is -2.34. The zero-order chi connectivity index (χ0) is 10.3. The van der Waals surface area contributed by atoms with Gasteiger partial charge in [-0.25, -0.2) is 0 Å². The van der Waals surface area contributed by atoms with Crippen molar-refractivity contribution < 1.29 is 9.53 Å². The number of carbonyl (C=O) groups excluding carboxylic acids is 1. The monoisotopic (exact) mass is 184 g/mol. The van der Waals surface area contributed by atoms with Crippen LogP contribution >= 0.6 is 0 Å². The van der Waals surface area contributed by atoms with Crippen molar-refractivity contribution in [1.82, 2.24) is 5.32 Å². The highest BCUT2D eigenvalue weighted by molar-refractivity contribution is 5.81. The van der Waals surface area contributed by atoms with E-state index in [0.29, 0.717) is 13.2 Å². The van der Waals surface area contributed by atoms with Crippen molar-refractivity contribution >= 4 is 5.91 Å². The average molecular weight is 184 g/mol. The summed E-state index contributed by atoms with van der Waals surface area (Å²) >= 11 is 0. The number of rotatable bonds is 5. The molecule has 4 heteroatoms. The Balaban J connectivity index is 3.87. The van der Waals surface area contributed by atoms with E-state index in [1.807, 2.05) is 19.9 Å². The minimum atomic E-state index is -0.558. The molecule has 74 valence electrons. The Hall–Kier alpha value is -1.08. The zero-order valence-corrected chi connectivity index (χ0v) is 8.33. The standard InChI is InChI=1S/C9H16N2O2/c1-7(2)8(6-10)9(12)11-4-5-13-3/h7-8H,4-5H2,1-3H3,(H,11,12). The van der Waals surface area contributed by atoms with Gasteiger partial charge < -0.3 is 10.1 Å². The minimum absolute atomic E-state index is 0.0487. The van der Waals surface area contributed by atoms with Crippen LogP contribution in [-0.2, 0) is 9.53 Å². The van der Waals surface area contributed by atoms with Gasteiger partial charge in [0.2, 0.25) is 5.91 Å². The van der Waals surface area contributed by atoms with Crippen molar-refractivity contribution in [1.29, 1.82) is 5.26 Å². The molecule has 0 fully saturated rings. The lowest BCUT2D eigenvalue weighted by Gasteiger charge is -2.12. The molecule has 1 atom stereocenters. The van der Waals surface area contributed by atoms with Gasteiger partial charge in [-0.1, -0.05) is 13.8 Å². The normalized spacial score (nSPS) is 12.2. The van der Waals surface area contributed by atoms with E-state index >= 15 is 0 Å². The summed E-state index contributed by atoms with van der Waals surface area (Å²) in [5, 5.41) is 11.3. The predicted molar refractivity (Wildman–Crippen MR) is 48.8 cm³/mol. The van der Waals surface area contributed by atoms with Crippen LogP contribution in [0.4, 0.5) is 0 Å². The van der Waals surface area contributed by atoms with Crippen molar-refractivity contribution in [2.75, 3.05) is 20.3 Å². The molecule has 0 saturated heterocycles. The molecule has 1 amide bonds. The van der Waals surface area contributed by atoms with E-state index in [4.69, 9.17) is 10.00 Å². The molecule has 0 spiro atoms. The third-order valence-electron chi connectivity index (χ3n) is 1.69. The number of ether oxygens (including phenoxy) is 1. The Labute approximate surface area is 78.9 Å². The SMILES string of the molecule is COCCNC(=O)C(C#N)C(C)C. The number of carbonyl (C=O) groups is 1. The Bertz CT molecular complexity index is 196. The molecule has 1 unspecified atom stereocenters. The second-order valence-electron chi connectivity index (χ2n) is 3.13. The summed E-state index contributed by atoms with van der Waals surface area (Å²) in [5.74, 6) is -0.723. The topological polar surface area (TPSA) is 62.1 Å². The third-order valence-corrected chi connectivity index (χ3v) is 1.69. The fraction of sp³-hybridized carbons (Fsp3) is 0.778. The first-order valence-electron chi connectivity index (χ1n) is 4.29. The minimum Gasteiger partial charge on any atom is -0.383 e. The highest BCUT2D eigenvalue weighted by atomic mass is 16.5. The molecule has 0 aromatic rings. The van der Waals surface area contributed by atoms with E-state index < -0.39 is 5.92 Å². The van der Waals surface area contributed by atoms with E-state index in [9.17, 15) is 4.79 Å². The fourth-order valence-electron chi connectivity index (χ4n) is 0.897. The Morgan fingerprint density at radius 1 is 1.62 bits per heavy atom. The van der Waals surface area contributed by atoms with Crippen LogP contribution in [-0.4, -0.2) is 26.2 Å². The van der Waals surface area contributed by atoms with Gasteiger partial charge in [0.1, 0.15) is 5.92 Å². The molecule has 0 radical (unpaired) electrons. The predicted octanol–water partition coefficient (Wildman–Crippen LogP) is 0.545. The van der Waals surface area contributed by atoms with E-state index in [-0.39, 0.29) is 11.8 Å². The van der Waals surface area contributed by atoms with Crippen molar-refractivity contribution in [3.05, 3.63) is 0 Å². The summed E-state index contributed by atoms with van der Waals surface area (Å²) in [4.78, 5) is 11.3. The molecule has 0 aliphatic rings. The highest BCUT2D eigenvalue weighted by Crippen LogP contribution is 2.08. The van der Waals surface area contributed by atoms with Crippen LogP contribution < -0.4 is 5.32 Å². The van der Waals surface area contributed by atoms with Crippen LogP contribution in [0.5, 0.6) is 0 Å². The van der Waals surface area contributed by atoms with Crippen LogP contribution in [0.2, 0.25) is 0 Å². The molecule has 0 heterocycles. The summed E-state index contributed by atoms with van der Waals surface area (Å²) in [6.45, 7) is 4.63. The number of nitrogens with zero attached hydrogens (tertiary/aromatic N) is 1. The Kier molecular flexibility index (Phi) is 5.90. The summed E-state index contributed by atoms with van der Waals surface area (Å²) < 4.78 is 4.77. The molecular weight excluding hydrogens is 168 g/mol. The Morgan fingerprint density at radius 3 is 2.62 bits per heavy atom. The van der Waals surface area contributed by atoms with Gasteiger partial charge >= 0.3 is 0 Å². The summed E-state index contributed by atoms with van der Waals surface area (Å²) in [6.07, 6.45) is 0. The lowest BCUT2D eigenvalue weighted by atomic mass is 9.97. The molecule has 4 nitrogen and oxygen atoms in total. The van der Waals surface area contributed by atoms with E-state index in [1.165, 1.54) is 0 Å². The molecule has 0 rings (SSSR count). The van der Waals surface area contributed by atoms with Crippen LogP contribution in [0.25, 0.3) is 0 Å². The maximum absolute atomic E-state index is 11.3. The van der Waals surface area contributed by atoms with Gasteiger partial charge in [-0.15, -0.1) is 0 Å². The first-order valence-corrected chi connectivity index (χ1v) is 4.29. The number of methoxy groups -OCH3 is 1. The molecule has 0 aliphatic heterocycles. The number of hydrogen-bond donors (Lipinski definition) is 1. The smallest absolute Gasteiger partial charge is 0.237 e. The molecule has 13 heavy (non-hydrogen) atoms. The molecule has 0 bridgehead atoms. The quantitative estimate of drug-likeness (QED) is 0.634. The fourth-order valence-corrected chi connectivity index (χ4v) is 0.897. The molecule has 0 aromatic carbocycles. The lowest BCUT2D eigenvalue weighted by molar-refractivity contribution is -0.124. The van der Waals surface area contributed by atoms with E-state index in [1.54, 1.807) is 7.11 Å². The van der Waals surface area contributed by atoms with Crippen LogP contribution in [0.15, 0.2) is 0 Å². The van der Waals surface area contributed by atoms with Crippen LogP contribution in [0, 0.1) is 23.2 Å². The second kappa shape index (κ2) is 6.44. The van der Waals surface area contributed by atoms with Gasteiger partial charge in [0.15, 0.2) is 0 Å². The molecule has 1 N–H and O–H groups in total. The second-order valence-corrected chi connectivity index (χ2v) is 3.13. The van der Waals surface area contributed by atoms with Crippen molar-refractivity contribution in [3.8, 4) is 6.07 Å². The average Bonchev–Trinajstić information content (AvgIpc) is 2.05. The number of hydrogen-bond acceptors (Lipinski definition) is 3. The maximum Gasteiger partial charge on any atom is 0.237 e. The van der Waals surface area contributed by atoms with E-state index in [2.05, 4.69) is 5.32 Å².